The van der Waals surface area contributed by atoms with Crippen molar-refractivity contribution >= 4 is 29.1 Å². The summed E-state index contributed by atoms with van der Waals surface area (Å²) in [4.78, 5) is 14.2. The van der Waals surface area contributed by atoms with Crippen molar-refractivity contribution in [2.75, 3.05) is 19.7 Å². The lowest BCUT2D eigenvalue weighted by Crippen LogP contribution is -2.43. The summed E-state index contributed by atoms with van der Waals surface area (Å²) in [5.41, 5.74) is 0.908. The van der Waals surface area contributed by atoms with E-state index in [0.29, 0.717) is 36.2 Å². The highest BCUT2D eigenvalue weighted by Gasteiger charge is 2.28. The average Bonchev–Trinajstić information content (AvgIpc) is 2.36. The molecule has 2 rings (SSSR count). The first kappa shape index (κ1) is 16.6. The number of carbonyl (C=O) groups is 1. The molecule has 0 aliphatic carbocycles. The standard InChI is InChI=1S/C16H21Cl2NO2/c1-16(2,3)9-15(20)19-4-5-21-14(10-19)11-6-12(17)8-13(18)7-11/h6-8,14H,4-5,9-10H2,1-3H3. The molecule has 116 valence electrons. The number of hydrogen-bond donors (Lipinski definition) is 0. The molecule has 1 fully saturated rings. The number of benzene rings is 1. The Kier molecular flexibility index (Phi) is 5.18. The van der Waals surface area contributed by atoms with Crippen molar-refractivity contribution in [1.82, 2.24) is 4.90 Å². The van der Waals surface area contributed by atoms with Gasteiger partial charge in [0, 0.05) is 23.0 Å². The Hall–Kier alpha value is -0.770. The van der Waals surface area contributed by atoms with Crippen LogP contribution in [-0.4, -0.2) is 30.5 Å². The third kappa shape index (κ3) is 4.87. The molecule has 1 aliphatic heterocycles. The second-order valence-electron chi connectivity index (χ2n) is 6.64. The largest absolute Gasteiger partial charge is 0.370 e. The Balaban J connectivity index is 2.08. The zero-order valence-corrected chi connectivity index (χ0v) is 14.2. The zero-order chi connectivity index (χ0) is 15.6. The van der Waals surface area contributed by atoms with Gasteiger partial charge in [-0.15, -0.1) is 0 Å². The van der Waals surface area contributed by atoms with E-state index in [4.69, 9.17) is 27.9 Å². The molecular weight excluding hydrogens is 309 g/mol. The van der Waals surface area contributed by atoms with Crippen LogP contribution in [0.1, 0.15) is 38.9 Å². The first-order valence-corrected chi connectivity index (χ1v) is 7.85. The number of halogens is 2. The maximum Gasteiger partial charge on any atom is 0.223 e. The van der Waals surface area contributed by atoms with E-state index in [9.17, 15) is 4.79 Å². The number of carbonyl (C=O) groups excluding carboxylic acids is 1. The number of nitrogens with zero attached hydrogens (tertiary/aromatic N) is 1. The highest BCUT2D eigenvalue weighted by molar-refractivity contribution is 6.34. The van der Waals surface area contributed by atoms with Crippen molar-refractivity contribution < 1.29 is 9.53 Å². The van der Waals surface area contributed by atoms with Gasteiger partial charge in [-0.25, -0.2) is 0 Å². The fourth-order valence-corrected chi connectivity index (χ4v) is 2.95. The third-order valence-electron chi connectivity index (χ3n) is 3.36. The summed E-state index contributed by atoms with van der Waals surface area (Å²) in [7, 11) is 0. The van der Waals surface area contributed by atoms with E-state index in [0.717, 1.165) is 5.56 Å². The van der Waals surface area contributed by atoms with Crippen LogP contribution < -0.4 is 0 Å². The van der Waals surface area contributed by atoms with Gasteiger partial charge < -0.3 is 9.64 Å². The lowest BCUT2D eigenvalue weighted by Gasteiger charge is -2.34. The van der Waals surface area contributed by atoms with Crippen molar-refractivity contribution in [1.29, 1.82) is 0 Å². The average molecular weight is 330 g/mol. The first-order valence-electron chi connectivity index (χ1n) is 7.10. The summed E-state index contributed by atoms with van der Waals surface area (Å²) in [6.45, 7) is 7.93. The molecule has 1 unspecified atom stereocenters. The fraction of sp³-hybridized carbons (Fsp3) is 0.562. The predicted molar refractivity (Wildman–Crippen MR) is 85.8 cm³/mol. The summed E-state index contributed by atoms with van der Waals surface area (Å²) < 4.78 is 5.77. The number of rotatable bonds is 2. The molecule has 1 aliphatic rings. The quantitative estimate of drug-likeness (QED) is 0.808. The van der Waals surface area contributed by atoms with Gasteiger partial charge in [-0.2, -0.15) is 0 Å². The molecule has 3 nitrogen and oxygen atoms in total. The molecule has 1 heterocycles. The number of morpholine rings is 1. The van der Waals surface area contributed by atoms with Crippen LogP contribution in [0.5, 0.6) is 0 Å². The highest BCUT2D eigenvalue weighted by Crippen LogP contribution is 2.29. The number of hydrogen-bond acceptors (Lipinski definition) is 2. The van der Waals surface area contributed by atoms with Crippen LogP contribution in [0.15, 0.2) is 18.2 Å². The molecule has 0 N–H and O–H groups in total. The molecule has 1 saturated heterocycles. The first-order chi connectivity index (χ1) is 9.74. The molecule has 1 aromatic rings. The van der Waals surface area contributed by atoms with Gasteiger partial charge in [-0.1, -0.05) is 44.0 Å². The number of amides is 1. The highest BCUT2D eigenvalue weighted by atomic mass is 35.5. The molecule has 5 heteroatoms. The second-order valence-corrected chi connectivity index (χ2v) is 7.51. The molecule has 0 aromatic heterocycles. The molecule has 1 aromatic carbocycles. The van der Waals surface area contributed by atoms with Gasteiger partial charge in [0.15, 0.2) is 0 Å². The van der Waals surface area contributed by atoms with E-state index >= 15 is 0 Å². The van der Waals surface area contributed by atoms with Crippen LogP contribution in [0.25, 0.3) is 0 Å². The smallest absolute Gasteiger partial charge is 0.223 e. The van der Waals surface area contributed by atoms with E-state index in [1.807, 2.05) is 17.0 Å². The fourth-order valence-electron chi connectivity index (χ4n) is 2.40. The van der Waals surface area contributed by atoms with Gasteiger partial charge in [0.1, 0.15) is 6.10 Å². The van der Waals surface area contributed by atoms with E-state index in [2.05, 4.69) is 20.8 Å². The topological polar surface area (TPSA) is 29.5 Å². The van der Waals surface area contributed by atoms with Crippen LogP contribution >= 0.6 is 23.2 Å². The molecular formula is C16H21Cl2NO2. The SMILES string of the molecule is CC(C)(C)CC(=O)N1CCOC(c2cc(Cl)cc(Cl)c2)C1. The summed E-state index contributed by atoms with van der Waals surface area (Å²) in [5, 5.41) is 1.17. The van der Waals surface area contributed by atoms with E-state index in [-0.39, 0.29) is 17.4 Å². The van der Waals surface area contributed by atoms with Gasteiger partial charge in [-0.05, 0) is 29.2 Å². The normalized spacial score (nSPS) is 19.7. The molecule has 0 bridgehead atoms. The van der Waals surface area contributed by atoms with Crippen molar-refractivity contribution in [3.05, 3.63) is 33.8 Å². The van der Waals surface area contributed by atoms with Crippen molar-refractivity contribution in [2.24, 2.45) is 5.41 Å². The lowest BCUT2D eigenvalue weighted by molar-refractivity contribution is -0.140. The molecule has 0 saturated carbocycles. The molecule has 21 heavy (non-hydrogen) atoms. The number of ether oxygens (including phenoxy) is 1. The van der Waals surface area contributed by atoms with E-state index in [1.54, 1.807) is 6.07 Å². The summed E-state index contributed by atoms with van der Waals surface area (Å²) in [6, 6.07) is 5.38. The molecule has 1 amide bonds. The Morgan fingerprint density at radius 2 is 1.90 bits per heavy atom. The minimum atomic E-state index is -0.168. The van der Waals surface area contributed by atoms with E-state index < -0.39 is 0 Å². The monoisotopic (exact) mass is 329 g/mol. The van der Waals surface area contributed by atoms with Crippen LogP contribution in [0.3, 0.4) is 0 Å². The van der Waals surface area contributed by atoms with Crippen LogP contribution in [-0.2, 0) is 9.53 Å². The summed E-state index contributed by atoms with van der Waals surface area (Å²) in [5.74, 6) is 0.170. The minimum absolute atomic E-state index is 0.00968. The van der Waals surface area contributed by atoms with Crippen LogP contribution in [0.4, 0.5) is 0 Å². The Labute approximate surface area is 136 Å². The maximum atomic E-state index is 12.3. The minimum Gasteiger partial charge on any atom is -0.370 e. The van der Waals surface area contributed by atoms with Gasteiger partial charge >= 0.3 is 0 Å². The Bertz CT molecular complexity index is 505. The van der Waals surface area contributed by atoms with Crippen LogP contribution in [0.2, 0.25) is 10.0 Å². The molecule has 0 spiro atoms. The predicted octanol–water partition coefficient (Wildman–Crippen LogP) is 4.33. The third-order valence-corrected chi connectivity index (χ3v) is 3.79. The Morgan fingerprint density at radius 3 is 2.48 bits per heavy atom. The van der Waals surface area contributed by atoms with Gasteiger partial charge in [0.25, 0.3) is 0 Å². The van der Waals surface area contributed by atoms with Gasteiger partial charge in [0.05, 0.1) is 13.2 Å². The van der Waals surface area contributed by atoms with Crippen LogP contribution in [0, 0.1) is 5.41 Å². The second kappa shape index (κ2) is 6.55. The maximum absolute atomic E-state index is 12.3. The van der Waals surface area contributed by atoms with Crippen molar-refractivity contribution in [2.45, 2.75) is 33.3 Å². The van der Waals surface area contributed by atoms with Gasteiger partial charge in [-0.3, -0.25) is 4.79 Å². The van der Waals surface area contributed by atoms with Crippen molar-refractivity contribution in [3.8, 4) is 0 Å². The summed E-state index contributed by atoms with van der Waals surface area (Å²) in [6.07, 6.45) is 0.370. The zero-order valence-electron chi connectivity index (χ0n) is 12.7. The Morgan fingerprint density at radius 1 is 1.29 bits per heavy atom. The van der Waals surface area contributed by atoms with Gasteiger partial charge in [0.2, 0.25) is 5.91 Å². The molecule has 0 radical (unpaired) electrons. The van der Waals surface area contributed by atoms with Crippen molar-refractivity contribution in [3.63, 3.8) is 0 Å². The summed E-state index contributed by atoms with van der Waals surface area (Å²) >= 11 is 12.1. The van der Waals surface area contributed by atoms with E-state index in [1.165, 1.54) is 0 Å². The lowest BCUT2D eigenvalue weighted by atomic mass is 9.91. The molecule has 1 atom stereocenters.